The maximum atomic E-state index is 13.6. The lowest BCUT2D eigenvalue weighted by Crippen LogP contribution is -2.48. The van der Waals surface area contributed by atoms with Crippen LogP contribution in [0.3, 0.4) is 0 Å². The van der Waals surface area contributed by atoms with Gasteiger partial charge in [-0.05, 0) is 64.8 Å². The van der Waals surface area contributed by atoms with Crippen molar-refractivity contribution in [2.24, 2.45) is 0 Å². The van der Waals surface area contributed by atoms with Crippen molar-refractivity contribution < 1.29 is 32.2 Å². The lowest BCUT2D eigenvalue weighted by Gasteiger charge is -2.34. The van der Waals surface area contributed by atoms with Gasteiger partial charge >= 0.3 is 18.2 Å². The number of alkyl carbamates (subject to hydrolysis) is 1. The van der Waals surface area contributed by atoms with Crippen molar-refractivity contribution >= 4 is 12.1 Å². The first-order valence-corrected chi connectivity index (χ1v) is 9.98. The highest BCUT2D eigenvalue weighted by molar-refractivity contribution is 5.89. The lowest BCUT2D eigenvalue weighted by atomic mass is 10.0. The Labute approximate surface area is 174 Å². The molecule has 0 spiro atoms. The second kappa shape index (κ2) is 9.68. The molecule has 1 heterocycles. The molecule has 2 rings (SSSR count). The molecule has 1 amide bonds. The number of ether oxygens (including phenoxy) is 2. The highest BCUT2D eigenvalue weighted by Crippen LogP contribution is 2.34. The van der Waals surface area contributed by atoms with Gasteiger partial charge in [-0.2, -0.15) is 13.2 Å². The first kappa shape index (κ1) is 24.0. The van der Waals surface area contributed by atoms with Gasteiger partial charge in [-0.25, -0.2) is 9.59 Å². The second-order valence-corrected chi connectivity index (χ2v) is 8.31. The molecule has 1 aliphatic heterocycles. The average Bonchev–Trinajstić information content (AvgIpc) is 2.60. The van der Waals surface area contributed by atoms with Gasteiger partial charge in [0, 0.05) is 19.1 Å². The van der Waals surface area contributed by atoms with Crippen molar-refractivity contribution in [1.82, 2.24) is 10.2 Å². The average molecular weight is 430 g/mol. The Morgan fingerprint density at radius 3 is 2.53 bits per heavy atom. The Kier molecular flexibility index (Phi) is 7.74. The summed E-state index contributed by atoms with van der Waals surface area (Å²) in [5.74, 6) is -0.783. The molecule has 0 saturated carbocycles. The number of halogens is 3. The number of piperidine rings is 1. The first-order chi connectivity index (χ1) is 13.9. The molecule has 6 nitrogen and oxygen atoms in total. The van der Waals surface area contributed by atoms with Crippen LogP contribution in [0.15, 0.2) is 18.2 Å². The van der Waals surface area contributed by atoms with E-state index in [9.17, 15) is 22.8 Å². The van der Waals surface area contributed by atoms with E-state index in [2.05, 4.69) is 5.32 Å². The molecule has 168 valence electrons. The molecule has 1 aromatic carbocycles. The number of amides is 1. The van der Waals surface area contributed by atoms with Crippen LogP contribution < -0.4 is 5.32 Å². The van der Waals surface area contributed by atoms with E-state index in [1.807, 2.05) is 4.90 Å². The summed E-state index contributed by atoms with van der Waals surface area (Å²) in [4.78, 5) is 25.7. The molecule has 1 fully saturated rings. The number of hydrogen-bond donors (Lipinski definition) is 1. The molecule has 0 aliphatic carbocycles. The number of hydrogen-bond acceptors (Lipinski definition) is 5. The van der Waals surface area contributed by atoms with Gasteiger partial charge in [-0.3, -0.25) is 4.90 Å². The van der Waals surface area contributed by atoms with Crippen molar-refractivity contribution in [3.63, 3.8) is 0 Å². The van der Waals surface area contributed by atoms with E-state index in [0.717, 1.165) is 18.9 Å². The summed E-state index contributed by atoms with van der Waals surface area (Å²) in [7, 11) is 0. The van der Waals surface area contributed by atoms with Crippen LogP contribution in [0.4, 0.5) is 18.0 Å². The predicted molar refractivity (Wildman–Crippen MR) is 105 cm³/mol. The van der Waals surface area contributed by atoms with Gasteiger partial charge in [0.15, 0.2) is 0 Å². The number of benzene rings is 1. The topological polar surface area (TPSA) is 67.9 Å². The van der Waals surface area contributed by atoms with E-state index in [4.69, 9.17) is 9.47 Å². The summed E-state index contributed by atoms with van der Waals surface area (Å²) in [5, 5.41) is 2.79. The number of rotatable bonds is 5. The molecule has 0 radical (unpaired) electrons. The molecule has 9 heteroatoms. The molecule has 1 aliphatic rings. The molecular formula is C21H29F3N2O4. The van der Waals surface area contributed by atoms with E-state index in [-0.39, 0.29) is 30.3 Å². The van der Waals surface area contributed by atoms with Crippen molar-refractivity contribution in [3.05, 3.63) is 34.9 Å². The SMILES string of the molecule is CCOC(=O)c1ccc(CN2CCCC(NC(=O)OC(C)(C)C)C2)c(C(F)(F)F)c1. The van der Waals surface area contributed by atoms with Crippen LogP contribution in [0, 0.1) is 0 Å². The predicted octanol–water partition coefficient (Wildman–Crippen LogP) is 4.37. The van der Waals surface area contributed by atoms with Crippen LogP contribution in [0.1, 0.15) is 62.0 Å². The molecule has 1 N–H and O–H groups in total. The number of alkyl halides is 3. The molecule has 0 bridgehead atoms. The van der Waals surface area contributed by atoms with Gasteiger partial charge in [-0.15, -0.1) is 0 Å². The summed E-state index contributed by atoms with van der Waals surface area (Å²) in [6.07, 6.45) is -3.67. The van der Waals surface area contributed by atoms with Gasteiger partial charge in [0.25, 0.3) is 0 Å². The normalized spacial score (nSPS) is 18.0. The number of nitrogens with zero attached hydrogens (tertiary/aromatic N) is 1. The lowest BCUT2D eigenvalue weighted by molar-refractivity contribution is -0.138. The summed E-state index contributed by atoms with van der Waals surface area (Å²) >= 11 is 0. The fourth-order valence-corrected chi connectivity index (χ4v) is 3.35. The number of carbonyl (C=O) groups is 2. The Hall–Kier alpha value is -2.29. The minimum Gasteiger partial charge on any atom is -0.462 e. The summed E-state index contributed by atoms with van der Waals surface area (Å²) < 4.78 is 50.8. The summed E-state index contributed by atoms with van der Waals surface area (Å²) in [6, 6.07) is 3.30. The molecule has 1 unspecified atom stereocenters. The molecular weight excluding hydrogens is 401 g/mol. The number of esters is 1. The van der Waals surface area contributed by atoms with Gasteiger partial charge in [0.2, 0.25) is 0 Å². The number of carbonyl (C=O) groups excluding carboxylic acids is 2. The Balaban J connectivity index is 2.10. The minimum absolute atomic E-state index is 0.0600. The largest absolute Gasteiger partial charge is 0.462 e. The fourth-order valence-electron chi connectivity index (χ4n) is 3.35. The third kappa shape index (κ3) is 7.19. The van der Waals surface area contributed by atoms with Crippen LogP contribution in [0.25, 0.3) is 0 Å². The van der Waals surface area contributed by atoms with Gasteiger partial charge in [0.05, 0.1) is 17.7 Å². The van der Waals surface area contributed by atoms with E-state index < -0.39 is 29.4 Å². The molecule has 0 aromatic heterocycles. The number of nitrogens with one attached hydrogen (secondary N) is 1. The zero-order valence-electron chi connectivity index (χ0n) is 17.8. The third-order valence-electron chi connectivity index (χ3n) is 4.55. The van der Waals surface area contributed by atoms with E-state index in [1.54, 1.807) is 27.7 Å². The maximum absolute atomic E-state index is 13.6. The monoisotopic (exact) mass is 430 g/mol. The van der Waals surface area contributed by atoms with Crippen LogP contribution in [0.2, 0.25) is 0 Å². The molecule has 30 heavy (non-hydrogen) atoms. The Bertz CT molecular complexity index is 760. The van der Waals surface area contributed by atoms with Crippen LogP contribution >= 0.6 is 0 Å². The van der Waals surface area contributed by atoms with Gasteiger partial charge in [-0.1, -0.05) is 6.07 Å². The van der Waals surface area contributed by atoms with Crippen LogP contribution in [-0.4, -0.2) is 48.3 Å². The number of likely N-dealkylation sites (tertiary alicyclic amines) is 1. The standard InChI is InChI=1S/C21H29F3N2O4/c1-5-29-18(27)14-8-9-15(17(11-14)21(22,23)24)12-26-10-6-7-16(13-26)25-19(28)30-20(2,3)4/h8-9,11,16H,5-7,10,12-13H2,1-4H3,(H,25,28). The van der Waals surface area contributed by atoms with Gasteiger partial charge < -0.3 is 14.8 Å². The van der Waals surface area contributed by atoms with Gasteiger partial charge in [0.1, 0.15) is 5.60 Å². The molecule has 1 saturated heterocycles. The zero-order chi connectivity index (χ0) is 22.5. The van der Waals surface area contributed by atoms with Crippen molar-refractivity contribution in [3.8, 4) is 0 Å². The van der Waals surface area contributed by atoms with E-state index >= 15 is 0 Å². The first-order valence-electron chi connectivity index (χ1n) is 9.98. The van der Waals surface area contributed by atoms with E-state index in [1.165, 1.54) is 12.1 Å². The Morgan fingerprint density at radius 2 is 1.93 bits per heavy atom. The summed E-state index contributed by atoms with van der Waals surface area (Å²) in [5.41, 5.74) is -1.53. The quantitative estimate of drug-likeness (QED) is 0.703. The molecule has 1 atom stereocenters. The maximum Gasteiger partial charge on any atom is 0.416 e. The minimum atomic E-state index is -4.60. The summed E-state index contributed by atoms with van der Waals surface area (Å²) in [6.45, 7) is 8.05. The van der Waals surface area contributed by atoms with Crippen molar-refractivity contribution in [2.75, 3.05) is 19.7 Å². The highest BCUT2D eigenvalue weighted by Gasteiger charge is 2.35. The molecule has 1 aromatic rings. The third-order valence-corrected chi connectivity index (χ3v) is 4.55. The fraction of sp³-hybridized carbons (Fsp3) is 0.619. The Morgan fingerprint density at radius 1 is 1.23 bits per heavy atom. The highest BCUT2D eigenvalue weighted by atomic mass is 19.4. The smallest absolute Gasteiger partial charge is 0.416 e. The second-order valence-electron chi connectivity index (χ2n) is 8.31. The van der Waals surface area contributed by atoms with Crippen molar-refractivity contribution in [1.29, 1.82) is 0 Å². The van der Waals surface area contributed by atoms with E-state index in [0.29, 0.717) is 13.1 Å². The zero-order valence-corrected chi connectivity index (χ0v) is 17.8. The van der Waals surface area contributed by atoms with Crippen LogP contribution in [-0.2, 0) is 22.2 Å². The van der Waals surface area contributed by atoms with Crippen molar-refractivity contribution in [2.45, 2.75) is 64.9 Å². The van der Waals surface area contributed by atoms with Crippen LogP contribution in [0.5, 0.6) is 0 Å².